The summed E-state index contributed by atoms with van der Waals surface area (Å²) in [7, 11) is 0. The van der Waals surface area contributed by atoms with Gasteiger partial charge in [-0.2, -0.15) is 0 Å². The van der Waals surface area contributed by atoms with Crippen molar-refractivity contribution in [1.29, 1.82) is 0 Å². The molecule has 0 radical (unpaired) electrons. The molecule has 1 rings (SSSR count). The molecule has 1 N–H and O–H groups in total. The third-order valence-corrected chi connectivity index (χ3v) is 2.77. The highest BCUT2D eigenvalue weighted by Gasteiger charge is 2.09. The predicted octanol–water partition coefficient (Wildman–Crippen LogP) is 3.06. The Hall–Kier alpha value is -0.820. The fourth-order valence-electron chi connectivity index (χ4n) is 1.50. The Morgan fingerprint density at radius 1 is 1.43 bits per heavy atom. The van der Waals surface area contributed by atoms with Crippen molar-refractivity contribution < 1.29 is 0 Å². The first-order valence-corrected chi connectivity index (χ1v) is 5.24. The lowest BCUT2D eigenvalue weighted by Gasteiger charge is -2.13. The fraction of sp³-hybridized carbons (Fsp3) is 0.538. The molecule has 0 spiro atoms. The van der Waals surface area contributed by atoms with Gasteiger partial charge in [0.15, 0.2) is 0 Å². The van der Waals surface area contributed by atoms with E-state index in [0.717, 1.165) is 19.5 Å². The Kier molecular flexibility index (Phi) is 3.70. The van der Waals surface area contributed by atoms with Crippen LogP contribution in [-0.2, 0) is 0 Å². The molecule has 0 aliphatic carbocycles. The van der Waals surface area contributed by atoms with E-state index in [9.17, 15) is 0 Å². The minimum Gasteiger partial charge on any atom is -0.309 e. The normalized spacial score (nSPS) is 18.2. The summed E-state index contributed by atoms with van der Waals surface area (Å²) in [5.74, 6) is 0. The average Bonchev–Trinajstić information content (AvgIpc) is 2.52. The summed E-state index contributed by atoms with van der Waals surface area (Å²) in [6, 6.07) is 0. The van der Waals surface area contributed by atoms with Crippen LogP contribution in [0.5, 0.6) is 0 Å². The zero-order valence-electron chi connectivity index (χ0n) is 9.56. The molecule has 0 aromatic rings. The van der Waals surface area contributed by atoms with E-state index in [0.29, 0.717) is 0 Å². The molecule has 0 saturated carbocycles. The molecule has 0 aromatic carbocycles. The highest BCUT2D eigenvalue weighted by atomic mass is 14.9. The predicted molar refractivity (Wildman–Crippen MR) is 63.3 cm³/mol. The van der Waals surface area contributed by atoms with Gasteiger partial charge in [-0.05, 0) is 13.3 Å². The molecule has 1 heterocycles. The van der Waals surface area contributed by atoms with Crippen molar-refractivity contribution in [2.75, 3.05) is 13.1 Å². The van der Waals surface area contributed by atoms with Crippen LogP contribution < -0.4 is 5.32 Å². The molecule has 0 saturated heterocycles. The minimum atomic E-state index is 0.125. The monoisotopic (exact) mass is 191 g/mol. The van der Waals surface area contributed by atoms with Crippen LogP contribution in [0.15, 0.2) is 36.0 Å². The summed E-state index contributed by atoms with van der Waals surface area (Å²) in [5, 5.41) is 3.36. The van der Waals surface area contributed by atoms with Crippen LogP contribution in [0, 0.1) is 5.41 Å². The highest BCUT2D eigenvalue weighted by molar-refractivity contribution is 5.23. The van der Waals surface area contributed by atoms with Crippen molar-refractivity contribution in [3.8, 4) is 0 Å². The molecule has 14 heavy (non-hydrogen) atoms. The quantitative estimate of drug-likeness (QED) is 0.673. The Bertz CT molecular complexity index is 269. The molecule has 0 fully saturated rings. The molecule has 1 aliphatic rings. The van der Waals surface area contributed by atoms with Gasteiger partial charge in [-0.15, -0.1) is 6.58 Å². The zero-order valence-corrected chi connectivity index (χ0v) is 9.56. The topological polar surface area (TPSA) is 12.0 Å². The van der Waals surface area contributed by atoms with Crippen molar-refractivity contribution in [3.63, 3.8) is 0 Å². The van der Waals surface area contributed by atoms with Crippen molar-refractivity contribution in [2.45, 2.75) is 27.2 Å². The summed E-state index contributed by atoms with van der Waals surface area (Å²) < 4.78 is 0. The number of hydrogen-bond acceptors (Lipinski definition) is 1. The molecule has 0 aromatic heterocycles. The largest absolute Gasteiger partial charge is 0.309 e. The Morgan fingerprint density at radius 2 is 2.14 bits per heavy atom. The third kappa shape index (κ3) is 3.15. The lowest BCUT2D eigenvalue weighted by Crippen LogP contribution is -2.08. The van der Waals surface area contributed by atoms with Crippen LogP contribution in [0.1, 0.15) is 27.2 Å². The first-order chi connectivity index (χ1) is 6.55. The Balaban J connectivity index is 2.48. The van der Waals surface area contributed by atoms with E-state index in [2.05, 4.69) is 44.8 Å². The van der Waals surface area contributed by atoms with Crippen LogP contribution >= 0.6 is 0 Å². The van der Waals surface area contributed by atoms with Crippen LogP contribution in [0.4, 0.5) is 0 Å². The van der Waals surface area contributed by atoms with Gasteiger partial charge < -0.3 is 5.32 Å². The van der Waals surface area contributed by atoms with Gasteiger partial charge in [0.25, 0.3) is 0 Å². The van der Waals surface area contributed by atoms with Crippen molar-refractivity contribution >= 4 is 0 Å². The summed E-state index contributed by atoms with van der Waals surface area (Å²) >= 11 is 0. The van der Waals surface area contributed by atoms with E-state index < -0.39 is 0 Å². The van der Waals surface area contributed by atoms with E-state index in [1.54, 1.807) is 5.57 Å². The van der Waals surface area contributed by atoms with Crippen molar-refractivity contribution in [1.82, 2.24) is 5.32 Å². The smallest absolute Gasteiger partial charge is 0.0173 e. The van der Waals surface area contributed by atoms with E-state index in [1.807, 2.05) is 6.08 Å². The summed E-state index contributed by atoms with van der Waals surface area (Å²) in [4.78, 5) is 0. The lowest BCUT2D eigenvalue weighted by atomic mass is 9.92. The fourth-order valence-corrected chi connectivity index (χ4v) is 1.50. The number of hydrogen-bond donors (Lipinski definition) is 1. The number of nitrogens with one attached hydrogen (secondary N) is 1. The first-order valence-electron chi connectivity index (χ1n) is 5.24. The molecule has 0 atom stereocenters. The first kappa shape index (κ1) is 11.3. The van der Waals surface area contributed by atoms with Gasteiger partial charge in [0.05, 0.1) is 0 Å². The van der Waals surface area contributed by atoms with E-state index in [1.165, 1.54) is 5.57 Å². The molecular formula is C13H21N. The minimum absolute atomic E-state index is 0.125. The standard InChI is InChI=1S/C13H21N/c1-5-13(3,4)8-6-7-12-10-14-9-11(12)2/h5-6,8,14H,1,7,9-10H2,2-4H3/b8-6-. The summed E-state index contributed by atoms with van der Waals surface area (Å²) in [6.45, 7) is 12.5. The van der Waals surface area contributed by atoms with Gasteiger partial charge in [-0.3, -0.25) is 0 Å². The maximum Gasteiger partial charge on any atom is 0.0173 e. The zero-order chi connectivity index (χ0) is 10.6. The molecule has 1 heteroatoms. The molecule has 78 valence electrons. The van der Waals surface area contributed by atoms with Gasteiger partial charge in [0.2, 0.25) is 0 Å². The second-order valence-corrected chi connectivity index (χ2v) is 4.62. The molecule has 0 amide bonds. The van der Waals surface area contributed by atoms with Gasteiger partial charge in [-0.1, -0.05) is 43.2 Å². The Morgan fingerprint density at radius 3 is 2.64 bits per heavy atom. The second-order valence-electron chi connectivity index (χ2n) is 4.62. The highest BCUT2D eigenvalue weighted by Crippen LogP contribution is 2.20. The number of allylic oxidation sites excluding steroid dienone is 3. The van der Waals surface area contributed by atoms with Crippen LogP contribution in [0.25, 0.3) is 0 Å². The van der Waals surface area contributed by atoms with Crippen LogP contribution in [0.2, 0.25) is 0 Å². The number of rotatable bonds is 4. The van der Waals surface area contributed by atoms with Crippen LogP contribution in [0.3, 0.4) is 0 Å². The maximum absolute atomic E-state index is 3.82. The average molecular weight is 191 g/mol. The van der Waals surface area contributed by atoms with E-state index >= 15 is 0 Å². The SMILES string of the molecule is C=CC(C)(C)/C=C\CC1=C(C)CNC1. The van der Waals surface area contributed by atoms with E-state index in [4.69, 9.17) is 0 Å². The van der Waals surface area contributed by atoms with Gasteiger partial charge in [0, 0.05) is 18.5 Å². The molecule has 0 bridgehead atoms. The van der Waals surface area contributed by atoms with E-state index in [-0.39, 0.29) is 5.41 Å². The van der Waals surface area contributed by atoms with Crippen molar-refractivity contribution in [3.05, 3.63) is 36.0 Å². The molecule has 1 nitrogen and oxygen atoms in total. The molecular weight excluding hydrogens is 170 g/mol. The summed E-state index contributed by atoms with van der Waals surface area (Å²) in [5.41, 5.74) is 3.17. The lowest BCUT2D eigenvalue weighted by molar-refractivity contribution is 0.625. The van der Waals surface area contributed by atoms with Crippen molar-refractivity contribution in [2.24, 2.45) is 5.41 Å². The Labute approximate surface area is 87.6 Å². The third-order valence-electron chi connectivity index (χ3n) is 2.77. The molecule has 0 unspecified atom stereocenters. The second kappa shape index (κ2) is 4.61. The maximum atomic E-state index is 3.82. The molecule has 1 aliphatic heterocycles. The van der Waals surface area contributed by atoms with Gasteiger partial charge >= 0.3 is 0 Å². The van der Waals surface area contributed by atoms with Crippen LogP contribution in [-0.4, -0.2) is 13.1 Å². The van der Waals surface area contributed by atoms with Gasteiger partial charge in [0.1, 0.15) is 0 Å². The van der Waals surface area contributed by atoms with Gasteiger partial charge in [-0.25, -0.2) is 0 Å². The summed E-state index contributed by atoms with van der Waals surface area (Å²) in [6.07, 6.45) is 7.56.